The van der Waals surface area contributed by atoms with Crippen molar-refractivity contribution in [2.24, 2.45) is 0 Å². The van der Waals surface area contributed by atoms with Gasteiger partial charge in [0.15, 0.2) is 6.23 Å². The van der Waals surface area contributed by atoms with E-state index in [1.165, 1.54) is 0 Å². The first kappa shape index (κ1) is 16.2. The lowest BCUT2D eigenvalue weighted by atomic mass is 10.2. The second-order valence-electron chi connectivity index (χ2n) is 5.95. The van der Waals surface area contributed by atoms with Crippen LogP contribution in [0.3, 0.4) is 0 Å². The molecule has 2 aromatic carbocycles. The molecule has 0 radical (unpaired) electrons. The van der Waals surface area contributed by atoms with Crippen molar-refractivity contribution in [2.45, 2.75) is 6.23 Å². The summed E-state index contributed by atoms with van der Waals surface area (Å²) >= 11 is 3.53. The Kier molecular flexibility index (Phi) is 4.51. The third-order valence-corrected chi connectivity index (χ3v) is 4.88. The van der Waals surface area contributed by atoms with Gasteiger partial charge in [-0.25, -0.2) is 0 Å². The number of halogens is 1. The number of hydrogen-bond acceptors (Lipinski definition) is 3. The molecule has 3 aromatic rings. The molecule has 4 nitrogen and oxygen atoms in total. The molecule has 1 saturated heterocycles. The van der Waals surface area contributed by atoms with Crippen LogP contribution >= 0.6 is 15.9 Å². The number of methoxy groups -OCH3 is 1. The molecule has 0 unspecified atom stereocenters. The maximum Gasteiger partial charge on any atom is 0.158 e. The molecule has 0 N–H and O–H groups in total. The van der Waals surface area contributed by atoms with Gasteiger partial charge in [0.25, 0.3) is 0 Å². The Bertz CT molecular complexity index is 877. The van der Waals surface area contributed by atoms with Crippen molar-refractivity contribution in [1.82, 2.24) is 4.57 Å². The maximum absolute atomic E-state index is 6.01. The molecular formula is C20H19BrN2O2. The summed E-state index contributed by atoms with van der Waals surface area (Å²) in [5.41, 5.74) is 3.36. The van der Waals surface area contributed by atoms with Crippen molar-refractivity contribution in [1.29, 1.82) is 0 Å². The lowest BCUT2D eigenvalue weighted by Gasteiger charge is -2.25. The second-order valence-corrected chi connectivity index (χ2v) is 6.87. The predicted octanol–water partition coefficient (Wildman–Crippen LogP) is 4.78. The van der Waals surface area contributed by atoms with E-state index in [9.17, 15) is 0 Å². The SMILES string of the molecule is COc1cccc(N2CCO[C@@H]2c2ccn(-c3cccc(Br)c3)c2)c1. The molecule has 0 aliphatic carbocycles. The van der Waals surface area contributed by atoms with Crippen LogP contribution < -0.4 is 9.64 Å². The highest BCUT2D eigenvalue weighted by atomic mass is 79.9. The first-order chi connectivity index (χ1) is 12.2. The molecule has 1 aromatic heterocycles. The minimum Gasteiger partial charge on any atom is -0.497 e. The van der Waals surface area contributed by atoms with E-state index < -0.39 is 0 Å². The molecule has 0 saturated carbocycles. The van der Waals surface area contributed by atoms with Gasteiger partial charge >= 0.3 is 0 Å². The quantitative estimate of drug-likeness (QED) is 0.632. The number of hydrogen-bond donors (Lipinski definition) is 0. The van der Waals surface area contributed by atoms with Gasteiger partial charge < -0.3 is 18.9 Å². The normalized spacial score (nSPS) is 17.0. The van der Waals surface area contributed by atoms with Gasteiger partial charge in [-0.05, 0) is 36.4 Å². The Hall–Kier alpha value is -2.24. The van der Waals surface area contributed by atoms with Crippen LogP contribution in [0.25, 0.3) is 5.69 Å². The Morgan fingerprint density at radius 3 is 2.76 bits per heavy atom. The van der Waals surface area contributed by atoms with Crippen LogP contribution in [0.5, 0.6) is 5.75 Å². The van der Waals surface area contributed by atoms with E-state index in [4.69, 9.17) is 9.47 Å². The van der Waals surface area contributed by atoms with Gasteiger partial charge in [0.2, 0.25) is 0 Å². The van der Waals surface area contributed by atoms with Crippen molar-refractivity contribution in [2.75, 3.05) is 25.2 Å². The summed E-state index contributed by atoms with van der Waals surface area (Å²) in [4.78, 5) is 2.27. The lowest BCUT2D eigenvalue weighted by molar-refractivity contribution is 0.114. The van der Waals surface area contributed by atoms with Gasteiger partial charge in [-0.3, -0.25) is 0 Å². The zero-order valence-corrected chi connectivity index (χ0v) is 15.5. The van der Waals surface area contributed by atoms with E-state index in [0.717, 1.165) is 33.7 Å². The van der Waals surface area contributed by atoms with Crippen LogP contribution in [-0.4, -0.2) is 24.8 Å². The van der Waals surface area contributed by atoms with Gasteiger partial charge in [0.1, 0.15) is 5.75 Å². The highest BCUT2D eigenvalue weighted by Crippen LogP contribution is 2.34. The first-order valence-corrected chi connectivity index (χ1v) is 9.00. The molecule has 1 atom stereocenters. The molecule has 0 spiro atoms. The highest BCUT2D eigenvalue weighted by molar-refractivity contribution is 9.10. The molecule has 1 fully saturated rings. The van der Waals surface area contributed by atoms with Crippen molar-refractivity contribution < 1.29 is 9.47 Å². The van der Waals surface area contributed by atoms with Gasteiger partial charge in [0, 0.05) is 46.4 Å². The maximum atomic E-state index is 6.01. The second kappa shape index (κ2) is 6.94. The van der Waals surface area contributed by atoms with E-state index in [1.54, 1.807) is 7.11 Å². The zero-order valence-electron chi connectivity index (χ0n) is 13.9. The third kappa shape index (κ3) is 3.30. The lowest BCUT2D eigenvalue weighted by Crippen LogP contribution is -2.22. The molecule has 2 heterocycles. The fourth-order valence-electron chi connectivity index (χ4n) is 3.16. The smallest absolute Gasteiger partial charge is 0.158 e. The van der Waals surface area contributed by atoms with Crippen molar-refractivity contribution in [3.63, 3.8) is 0 Å². The number of aromatic nitrogens is 1. The van der Waals surface area contributed by atoms with E-state index in [-0.39, 0.29) is 6.23 Å². The van der Waals surface area contributed by atoms with Crippen LogP contribution in [-0.2, 0) is 4.74 Å². The van der Waals surface area contributed by atoms with Gasteiger partial charge in [0.05, 0.1) is 13.7 Å². The largest absolute Gasteiger partial charge is 0.497 e. The summed E-state index contributed by atoms with van der Waals surface area (Å²) in [5, 5.41) is 0. The van der Waals surface area contributed by atoms with Gasteiger partial charge in [-0.15, -0.1) is 0 Å². The van der Waals surface area contributed by atoms with Crippen LogP contribution in [0.15, 0.2) is 71.5 Å². The Morgan fingerprint density at radius 1 is 1.08 bits per heavy atom. The monoisotopic (exact) mass is 398 g/mol. The van der Waals surface area contributed by atoms with Gasteiger partial charge in [-0.1, -0.05) is 28.1 Å². The average Bonchev–Trinajstić information content (AvgIpc) is 3.31. The fourth-order valence-corrected chi connectivity index (χ4v) is 3.54. The zero-order chi connectivity index (χ0) is 17.2. The van der Waals surface area contributed by atoms with Crippen LogP contribution in [0.2, 0.25) is 0 Å². The number of nitrogens with zero attached hydrogens (tertiary/aromatic N) is 2. The molecule has 5 heteroatoms. The summed E-state index contributed by atoms with van der Waals surface area (Å²) < 4.78 is 14.5. The summed E-state index contributed by atoms with van der Waals surface area (Å²) in [6, 6.07) is 18.5. The Labute approximate surface area is 155 Å². The van der Waals surface area contributed by atoms with E-state index in [0.29, 0.717) is 6.61 Å². The summed E-state index contributed by atoms with van der Waals surface area (Å²) in [7, 11) is 1.69. The number of ether oxygens (including phenoxy) is 2. The third-order valence-electron chi connectivity index (χ3n) is 4.38. The standard InChI is InChI=1S/C20H19BrN2O2/c1-24-19-7-3-6-18(13-19)23-10-11-25-20(23)15-8-9-22(14-15)17-5-2-4-16(21)12-17/h2-9,12-14,20H,10-11H2,1H3/t20-/m1/s1. The average molecular weight is 399 g/mol. The highest BCUT2D eigenvalue weighted by Gasteiger charge is 2.28. The molecule has 0 bridgehead atoms. The van der Waals surface area contributed by atoms with Crippen molar-refractivity contribution >= 4 is 21.6 Å². The number of rotatable bonds is 4. The molecular weight excluding hydrogens is 380 g/mol. The van der Waals surface area contributed by atoms with Crippen molar-refractivity contribution in [3.8, 4) is 11.4 Å². The Balaban J connectivity index is 1.62. The Morgan fingerprint density at radius 2 is 1.92 bits per heavy atom. The van der Waals surface area contributed by atoms with E-state index in [1.807, 2.05) is 30.3 Å². The number of anilines is 1. The molecule has 1 aliphatic heterocycles. The van der Waals surface area contributed by atoms with E-state index >= 15 is 0 Å². The predicted molar refractivity (Wildman–Crippen MR) is 103 cm³/mol. The molecule has 4 rings (SSSR count). The fraction of sp³-hybridized carbons (Fsp3) is 0.200. The summed E-state index contributed by atoms with van der Waals surface area (Å²) in [6.07, 6.45) is 4.12. The minimum atomic E-state index is -0.0829. The van der Waals surface area contributed by atoms with E-state index in [2.05, 4.69) is 62.1 Å². The summed E-state index contributed by atoms with van der Waals surface area (Å²) in [5.74, 6) is 0.856. The molecule has 25 heavy (non-hydrogen) atoms. The van der Waals surface area contributed by atoms with Crippen molar-refractivity contribution in [3.05, 3.63) is 77.0 Å². The number of benzene rings is 2. The van der Waals surface area contributed by atoms with Crippen LogP contribution in [0, 0.1) is 0 Å². The molecule has 0 amide bonds. The topological polar surface area (TPSA) is 26.6 Å². The molecule has 1 aliphatic rings. The minimum absolute atomic E-state index is 0.0829. The van der Waals surface area contributed by atoms with Crippen LogP contribution in [0.4, 0.5) is 5.69 Å². The molecule has 128 valence electrons. The van der Waals surface area contributed by atoms with Crippen LogP contribution in [0.1, 0.15) is 11.8 Å². The first-order valence-electron chi connectivity index (χ1n) is 8.21. The van der Waals surface area contributed by atoms with Gasteiger partial charge in [-0.2, -0.15) is 0 Å². The summed E-state index contributed by atoms with van der Waals surface area (Å²) in [6.45, 7) is 1.57.